The van der Waals surface area contributed by atoms with Crippen molar-refractivity contribution in [3.8, 4) is 0 Å². The maximum absolute atomic E-state index is 13.6. The Hall–Kier alpha value is -0.420. The molecule has 0 radical (unpaired) electrons. The van der Waals surface area contributed by atoms with Crippen LogP contribution in [-0.2, 0) is 11.2 Å². The molecule has 0 heterocycles. The van der Waals surface area contributed by atoms with Gasteiger partial charge in [0.05, 0.1) is 10.2 Å². The third-order valence-electron chi connectivity index (χ3n) is 2.23. The molecule has 0 unspecified atom stereocenters. The molecule has 1 aromatic carbocycles. The molecule has 0 aromatic heterocycles. The molecule has 0 atom stereocenters. The fraction of sp³-hybridized carbons (Fsp3) is 0.462. The topological polar surface area (TPSA) is 17.1 Å². The van der Waals surface area contributed by atoms with E-state index >= 15 is 0 Å². The van der Waals surface area contributed by atoms with E-state index in [1.807, 2.05) is 0 Å². The van der Waals surface area contributed by atoms with Crippen LogP contribution in [0.3, 0.4) is 0 Å². The maximum Gasteiger partial charge on any atom is 0.147 e. The molecule has 18 heavy (non-hydrogen) atoms. The third-order valence-corrected chi connectivity index (χ3v) is 4.27. The Bertz CT molecular complexity index is 435. The molecule has 0 aliphatic heterocycles. The molecular formula is C13H15BrF2OS. The summed E-state index contributed by atoms with van der Waals surface area (Å²) in [6, 6.07) is 2.46. The van der Waals surface area contributed by atoms with Gasteiger partial charge in [-0.2, -0.15) is 11.8 Å². The number of rotatable bonds is 6. The summed E-state index contributed by atoms with van der Waals surface area (Å²) in [7, 11) is 0. The first-order valence-corrected chi connectivity index (χ1v) is 7.58. The van der Waals surface area contributed by atoms with E-state index in [0.717, 1.165) is 11.8 Å². The van der Waals surface area contributed by atoms with Gasteiger partial charge in [0.15, 0.2) is 0 Å². The van der Waals surface area contributed by atoms with Crippen LogP contribution >= 0.6 is 27.7 Å². The quantitative estimate of drug-likeness (QED) is 0.723. The molecule has 1 rings (SSSR count). The van der Waals surface area contributed by atoms with Crippen molar-refractivity contribution in [1.82, 2.24) is 0 Å². The molecule has 5 heteroatoms. The summed E-state index contributed by atoms with van der Waals surface area (Å²) in [5.74, 6) is 0.160. The van der Waals surface area contributed by atoms with Gasteiger partial charge in [0.25, 0.3) is 0 Å². The summed E-state index contributed by atoms with van der Waals surface area (Å²) >= 11 is 4.48. The molecule has 0 N–H and O–H groups in total. The summed E-state index contributed by atoms with van der Waals surface area (Å²) in [4.78, 5) is 11.6. The fourth-order valence-corrected chi connectivity index (χ4v) is 2.68. The molecule has 0 aliphatic carbocycles. The van der Waals surface area contributed by atoms with Gasteiger partial charge in [0.2, 0.25) is 0 Å². The zero-order valence-corrected chi connectivity index (χ0v) is 12.7. The number of thioether (sulfide) groups is 1. The Labute approximate surface area is 118 Å². The van der Waals surface area contributed by atoms with Crippen molar-refractivity contribution < 1.29 is 13.6 Å². The van der Waals surface area contributed by atoms with Crippen LogP contribution in [0.15, 0.2) is 16.6 Å². The van der Waals surface area contributed by atoms with Gasteiger partial charge in [-0.1, -0.05) is 13.8 Å². The molecule has 0 aliphatic rings. The van der Waals surface area contributed by atoms with Crippen LogP contribution in [0.4, 0.5) is 8.78 Å². The average molecular weight is 337 g/mol. The van der Waals surface area contributed by atoms with Crippen molar-refractivity contribution in [2.24, 2.45) is 5.92 Å². The van der Waals surface area contributed by atoms with E-state index in [9.17, 15) is 13.6 Å². The Morgan fingerprint density at radius 1 is 1.39 bits per heavy atom. The smallest absolute Gasteiger partial charge is 0.147 e. The third kappa shape index (κ3) is 4.69. The number of Topliss-reactive ketones (excluding diaryl/α,β-unsaturated/α-hetero) is 1. The number of carbonyl (C=O) groups is 1. The van der Waals surface area contributed by atoms with Gasteiger partial charge in [-0.3, -0.25) is 4.79 Å². The molecule has 0 saturated heterocycles. The lowest BCUT2D eigenvalue weighted by Gasteiger charge is -2.07. The van der Waals surface area contributed by atoms with E-state index in [4.69, 9.17) is 0 Å². The Morgan fingerprint density at radius 2 is 2.06 bits per heavy atom. The maximum atomic E-state index is 13.6. The normalized spacial score (nSPS) is 11.0. The van der Waals surface area contributed by atoms with Crippen molar-refractivity contribution >= 4 is 33.5 Å². The number of carbonyl (C=O) groups excluding carboxylic acids is 1. The minimum Gasteiger partial charge on any atom is -0.298 e. The second-order valence-corrected chi connectivity index (χ2v) is 6.33. The van der Waals surface area contributed by atoms with Crippen molar-refractivity contribution in [3.05, 3.63) is 33.8 Å². The Balaban J connectivity index is 2.62. The fourth-order valence-electron chi connectivity index (χ4n) is 1.39. The van der Waals surface area contributed by atoms with Crippen LogP contribution in [0.5, 0.6) is 0 Å². The summed E-state index contributed by atoms with van der Waals surface area (Å²) in [5, 5.41) is 0. The SMILES string of the molecule is CC(C)CSCC(=O)Cc1c(F)ccc(Br)c1F. The van der Waals surface area contributed by atoms with Crippen LogP contribution in [0.25, 0.3) is 0 Å². The summed E-state index contributed by atoms with van der Waals surface area (Å²) < 4.78 is 27.2. The average Bonchev–Trinajstić information content (AvgIpc) is 2.29. The van der Waals surface area contributed by atoms with Crippen LogP contribution in [0.1, 0.15) is 19.4 Å². The number of hydrogen-bond donors (Lipinski definition) is 0. The Kier molecular flexibility index (Phi) is 6.29. The second kappa shape index (κ2) is 7.24. The van der Waals surface area contributed by atoms with Gasteiger partial charge in [-0.15, -0.1) is 0 Å². The van der Waals surface area contributed by atoms with Crippen molar-refractivity contribution in [2.75, 3.05) is 11.5 Å². The highest BCUT2D eigenvalue weighted by Crippen LogP contribution is 2.22. The van der Waals surface area contributed by atoms with E-state index in [0.29, 0.717) is 11.7 Å². The molecule has 0 bridgehead atoms. The zero-order valence-electron chi connectivity index (χ0n) is 10.3. The van der Waals surface area contributed by atoms with Gasteiger partial charge in [0.1, 0.15) is 17.4 Å². The van der Waals surface area contributed by atoms with E-state index in [-0.39, 0.29) is 22.2 Å². The molecule has 100 valence electrons. The summed E-state index contributed by atoms with van der Waals surface area (Å²) in [5.41, 5.74) is -0.153. The highest BCUT2D eigenvalue weighted by molar-refractivity contribution is 9.10. The van der Waals surface area contributed by atoms with E-state index in [2.05, 4.69) is 29.8 Å². The lowest BCUT2D eigenvalue weighted by molar-refractivity contribution is -0.116. The molecule has 0 fully saturated rings. The molecule has 0 saturated carbocycles. The van der Waals surface area contributed by atoms with E-state index in [1.165, 1.54) is 17.8 Å². The van der Waals surface area contributed by atoms with Crippen LogP contribution in [-0.4, -0.2) is 17.3 Å². The van der Waals surface area contributed by atoms with Gasteiger partial charge < -0.3 is 0 Å². The van der Waals surface area contributed by atoms with E-state index < -0.39 is 11.6 Å². The standard InChI is InChI=1S/C13H15BrF2OS/c1-8(2)6-18-7-9(17)5-10-12(15)4-3-11(14)13(10)16/h3-4,8H,5-7H2,1-2H3. The minimum atomic E-state index is -0.683. The highest BCUT2D eigenvalue weighted by Gasteiger charge is 2.15. The van der Waals surface area contributed by atoms with Gasteiger partial charge in [-0.25, -0.2) is 8.78 Å². The molecule has 0 amide bonds. The number of hydrogen-bond acceptors (Lipinski definition) is 2. The van der Waals surface area contributed by atoms with Gasteiger partial charge in [-0.05, 0) is 39.7 Å². The Morgan fingerprint density at radius 3 is 2.67 bits per heavy atom. The first kappa shape index (κ1) is 15.6. The van der Waals surface area contributed by atoms with Crippen LogP contribution in [0.2, 0.25) is 0 Å². The predicted octanol–water partition coefficient (Wildman–Crippen LogP) is 4.23. The minimum absolute atomic E-state index is 0.153. The number of benzene rings is 1. The molecule has 1 nitrogen and oxygen atoms in total. The van der Waals surface area contributed by atoms with Crippen molar-refractivity contribution in [1.29, 1.82) is 0 Å². The number of ketones is 1. The largest absolute Gasteiger partial charge is 0.298 e. The molecule has 0 spiro atoms. The highest BCUT2D eigenvalue weighted by atomic mass is 79.9. The monoisotopic (exact) mass is 336 g/mol. The first-order chi connectivity index (χ1) is 8.41. The summed E-state index contributed by atoms with van der Waals surface area (Å²) in [6.45, 7) is 4.12. The van der Waals surface area contributed by atoms with Gasteiger partial charge in [0, 0.05) is 12.0 Å². The second-order valence-electron chi connectivity index (χ2n) is 4.45. The van der Waals surface area contributed by atoms with Crippen LogP contribution < -0.4 is 0 Å². The number of halogens is 3. The van der Waals surface area contributed by atoms with Crippen molar-refractivity contribution in [2.45, 2.75) is 20.3 Å². The predicted molar refractivity (Wildman–Crippen MR) is 74.9 cm³/mol. The summed E-state index contributed by atoms with van der Waals surface area (Å²) in [6.07, 6.45) is -0.192. The van der Waals surface area contributed by atoms with Crippen molar-refractivity contribution in [3.63, 3.8) is 0 Å². The van der Waals surface area contributed by atoms with Gasteiger partial charge >= 0.3 is 0 Å². The zero-order chi connectivity index (χ0) is 13.7. The first-order valence-electron chi connectivity index (χ1n) is 5.63. The molecule has 1 aromatic rings. The van der Waals surface area contributed by atoms with E-state index in [1.54, 1.807) is 0 Å². The lowest BCUT2D eigenvalue weighted by atomic mass is 10.1. The molecular weight excluding hydrogens is 322 g/mol. The van der Waals surface area contributed by atoms with Crippen LogP contribution in [0, 0.1) is 17.6 Å². The lowest BCUT2D eigenvalue weighted by Crippen LogP contribution is -2.10.